The first-order chi connectivity index (χ1) is 11.5. The Kier molecular flexibility index (Phi) is 5.75. The molecule has 6 nitrogen and oxygen atoms in total. The molecule has 1 aliphatic rings. The van der Waals surface area contributed by atoms with Gasteiger partial charge in [-0.3, -0.25) is 4.79 Å². The minimum absolute atomic E-state index is 0.0486. The maximum Gasteiger partial charge on any atom is 0.416 e. The van der Waals surface area contributed by atoms with Gasteiger partial charge in [-0.1, -0.05) is 0 Å². The zero-order chi connectivity index (χ0) is 18.8. The molecule has 0 bridgehead atoms. The van der Waals surface area contributed by atoms with Crippen LogP contribution in [0.3, 0.4) is 0 Å². The summed E-state index contributed by atoms with van der Waals surface area (Å²) in [5.74, 6) is -0.954. The second-order valence-electron chi connectivity index (χ2n) is 6.05. The number of rotatable bonds is 4. The van der Waals surface area contributed by atoms with Gasteiger partial charge >= 0.3 is 6.18 Å². The van der Waals surface area contributed by atoms with Crippen molar-refractivity contribution in [3.8, 4) is 0 Å². The van der Waals surface area contributed by atoms with Crippen molar-refractivity contribution in [1.82, 2.24) is 8.61 Å². The third kappa shape index (κ3) is 4.71. The summed E-state index contributed by atoms with van der Waals surface area (Å²) in [6, 6.07) is 4.13. The summed E-state index contributed by atoms with van der Waals surface area (Å²) < 4.78 is 64.3. The van der Waals surface area contributed by atoms with E-state index in [1.807, 2.05) is 0 Å². The van der Waals surface area contributed by atoms with Gasteiger partial charge in [0.25, 0.3) is 10.2 Å². The summed E-state index contributed by atoms with van der Waals surface area (Å²) in [5.41, 5.74) is -0.558. The number of hydrogen-bond acceptors (Lipinski definition) is 3. The summed E-state index contributed by atoms with van der Waals surface area (Å²) in [7, 11) is -0.764. The average Bonchev–Trinajstić information content (AvgIpc) is 2.54. The van der Waals surface area contributed by atoms with Crippen molar-refractivity contribution in [2.75, 3.05) is 32.5 Å². The molecule has 2 rings (SSSR count). The molecule has 140 valence electrons. The Balaban J connectivity index is 2.03. The number of nitrogens with one attached hydrogen (secondary N) is 1. The number of alkyl halides is 3. The molecular formula is C15H20F3N3O3S. The van der Waals surface area contributed by atoms with E-state index in [0.717, 1.165) is 16.4 Å². The molecule has 0 unspecified atom stereocenters. The molecule has 1 aromatic carbocycles. The van der Waals surface area contributed by atoms with Crippen molar-refractivity contribution in [1.29, 1.82) is 0 Å². The molecule has 25 heavy (non-hydrogen) atoms. The van der Waals surface area contributed by atoms with E-state index in [0.29, 0.717) is 19.4 Å². The summed E-state index contributed by atoms with van der Waals surface area (Å²) in [5, 5.41) is 2.55. The van der Waals surface area contributed by atoms with E-state index in [4.69, 9.17) is 0 Å². The van der Waals surface area contributed by atoms with Gasteiger partial charge in [0.2, 0.25) is 5.91 Å². The molecule has 0 spiro atoms. The predicted molar refractivity (Wildman–Crippen MR) is 87.0 cm³/mol. The number of hydrogen-bond donors (Lipinski definition) is 1. The molecular weight excluding hydrogens is 359 g/mol. The monoisotopic (exact) mass is 379 g/mol. The fourth-order valence-electron chi connectivity index (χ4n) is 2.58. The van der Waals surface area contributed by atoms with Crippen LogP contribution >= 0.6 is 0 Å². The molecule has 1 N–H and O–H groups in total. The molecule has 1 heterocycles. The van der Waals surface area contributed by atoms with E-state index in [1.165, 1.54) is 30.5 Å². The fourth-order valence-corrected chi connectivity index (χ4v) is 3.77. The highest BCUT2D eigenvalue weighted by atomic mass is 32.2. The zero-order valence-electron chi connectivity index (χ0n) is 13.9. The van der Waals surface area contributed by atoms with Crippen LogP contribution in [-0.2, 0) is 21.2 Å². The quantitative estimate of drug-likeness (QED) is 0.872. The molecule has 1 aromatic rings. The highest BCUT2D eigenvalue weighted by Gasteiger charge is 2.34. The second kappa shape index (κ2) is 7.30. The van der Waals surface area contributed by atoms with Crippen LogP contribution in [0.1, 0.15) is 18.4 Å². The first-order valence-electron chi connectivity index (χ1n) is 7.67. The SMILES string of the molecule is CN(C)S(=O)(=O)N1CCC[C@H](C(=O)Nc2ccc(C(F)(F)F)cc2)C1. The minimum atomic E-state index is -4.44. The van der Waals surface area contributed by atoms with Crippen LogP contribution in [0.2, 0.25) is 0 Å². The van der Waals surface area contributed by atoms with Gasteiger partial charge in [-0.15, -0.1) is 0 Å². The van der Waals surface area contributed by atoms with Crippen LogP contribution < -0.4 is 5.32 Å². The van der Waals surface area contributed by atoms with Crippen LogP contribution in [0.25, 0.3) is 0 Å². The van der Waals surface area contributed by atoms with Gasteiger partial charge in [0.15, 0.2) is 0 Å². The smallest absolute Gasteiger partial charge is 0.326 e. The van der Waals surface area contributed by atoms with Gasteiger partial charge in [0.1, 0.15) is 0 Å². The Bertz CT molecular complexity index is 718. The maximum absolute atomic E-state index is 12.5. The Morgan fingerprint density at radius 3 is 2.36 bits per heavy atom. The number of anilines is 1. The largest absolute Gasteiger partial charge is 0.416 e. The van der Waals surface area contributed by atoms with Gasteiger partial charge in [0.05, 0.1) is 11.5 Å². The lowest BCUT2D eigenvalue weighted by atomic mass is 9.98. The molecule has 1 amide bonds. The minimum Gasteiger partial charge on any atom is -0.326 e. The Hall–Kier alpha value is -1.65. The van der Waals surface area contributed by atoms with E-state index in [1.54, 1.807) is 0 Å². The number of carbonyl (C=O) groups excluding carboxylic acids is 1. The molecule has 1 atom stereocenters. The van der Waals surface area contributed by atoms with Crippen molar-refractivity contribution in [2.24, 2.45) is 5.92 Å². The van der Waals surface area contributed by atoms with Crippen LogP contribution in [0.4, 0.5) is 18.9 Å². The second-order valence-corrected chi connectivity index (χ2v) is 8.19. The zero-order valence-corrected chi connectivity index (χ0v) is 14.7. The van der Waals surface area contributed by atoms with E-state index in [2.05, 4.69) is 5.32 Å². The fraction of sp³-hybridized carbons (Fsp3) is 0.533. The summed E-state index contributed by atoms with van der Waals surface area (Å²) >= 11 is 0. The van der Waals surface area contributed by atoms with Crippen LogP contribution in [0.5, 0.6) is 0 Å². The predicted octanol–water partition coefficient (Wildman–Crippen LogP) is 2.16. The Labute approximate surface area is 144 Å². The van der Waals surface area contributed by atoms with E-state index in [9.17, 15) is 26.4 Å². The highest BCUT2D eigenvalue weighted by Crippen LogP contribution is 2.30. The van der Waals surface area contributed by atoms with Crippen molar-refractivity contribution in [3.63, 3.8) is 0 Å². The van der Waals surface area contributed by atoms with Gasteiger partial charge in [0, 0.05) is 32.9 Å². The van der Waals surface area contributed by atoms with Crippen LogP contribution in [-0.4, -0.2) is 50.1 Å². The van der Waals surface area contributed by atoms with Gasteiger partial charge in [-0.05, 0) is 37.1 Å². The van der Waals surface area contributed by atoms with Crippen LogP contribution in [0, 0.1) is 5.92 Å². The number of piperidine rings is 1. The first kappa shape index (κ1) is 19.7. The van der Waals surface area contributed by atoms with E-state index in [-0.39, 0.29) is 12.2 Å². The third-order valence-electron chi connectivity index (χ3n) is 4.02. The lowest BCUT2D eigenvalue weighted by Crippen LogP contribution is -2.47. The topological polar surface area (TPSA) is 69.7 Å². The van der Waals surface area contributed by atoms with Crippen molar-refractivity contribution in [3.05, 3.63) is 29.8 Å². The molecule has 0 aliphatic carbocycles. The van der Waals surface area contributed by atoms with Crippen molar-refractivity contribution in [2.45, 2.75) is 19.0 Å². The molecule has 0 aromatic heterocycles. The van der Waals surface area contributed by atoms with E-state index >= 15 is 0 Å². The van der Waals surface area contributed by atoms with Gasteiger partial charge < -0.3 is 5.32 Å². The van der Waals surface area contributed by atoms with E-state index < -0.39 is 33.8 Å². The van der Waals surface area contributed by atoms with Gasteiger partial charge in [-0.25, -0.2) is 0 Å². The number of nitrogens with zero attached hydrogens (tertiary/aromatic N) is 2. The lowest BCUT2D eigenvalue weighted by molar-refractivity contribution is -0.137. The lowest BCUT2D eigenvalue weighted by Gasteiger charge is -2.32. The Morgan fingerprint density at radius 2 is 1.84 bits per heavy atom. The standard InChI is InChI=1S/C15H20F3N3O3S/c1-20(2)25(23,24)21-9-3-4-11(10-21)14(22)19-13-7-5-12(6-8-13)15(16,17)18/h5-8,11H,3-4,9-10H2,1-2H3,(H,19,22)/t11-/m0/s1. The number of carbonyl (C=O) groups is 1. The summed E-state index contributed by atoms with van der Waals surface area (Å²) in [6.45, 7) is 0.386. The molecule has 1 saturated heterocycles. The van der Waals surface area contributed by atoms with Crippen LogP contribution in [0.15, 0.2) is 24.3 Å². The molecule has 1 aliphatic heterocycles. The Morgan fingerprint density at radius 1 is 1.24 bits per heavy atom. The maximum atomic E-state index is 12.5. The summed E-state index contributed by atoms with van der Waals surface area (Å²) in [4.78, 5) is 12.3. The normalized spacial score (nSPS) is 19.8. The molecule has 0 radical (unpaired) electrons. The highest BCUT2D eigenvalue weighted by molar-refractivity contribution is 7.86. The molecule has 10 heteroatoms. The third-order valence-corrected chi connectivity index (χ3v) is 5.93. The molecule has 0 saturated carbocycles. The number of benzene rings is 1. The van der Waals surface area contributed by atoms with Crippen molar-refractivity contribution >= 4 is 21.8 Å². The molecule has 1 fully saturated rings. The van der Waals surface area contributed by atoms with Gasteiger partial charge in [-0.2, -0.15) is 30.2 Å². The average molecular weight is 379 g/mol. The first-order valence-corrected chi connectivity index (χ1v) is 9.07. The number of amides is 1. The van der Waals surface area contributed by atoms with Crippen molar-refractivity contribution < 1.29 is 26.4 Å². The summed E-state index contributed by atoms with van der Waals surface area (Å²) in [6.07, 6.45) is -3.38. The number of halogens is 3.